The molecule has 70 valence electrons. The third-order valence-corrected chi connectivity index (χ3v) is 3.08. The molecular formula is C10H19NO. The number of nitrogens with one attached hydrogen (secondary N) is 1. The van der Waals surface area contributed by atoms with Gasteiger partial charge in [0.2, 0.25) is 0 Å². The molecule has 2 heteroatoms. The summed E-state index contributed by atoms with van der Waals surface area (Å²) in [6, 6.07) is 0. The Morgan fingerprint density at radius 3 is 2.92 bits per heavy atom. The van der Waals surface area contributed by atoms with E-state index in [-0.39, 0.29) is 5.72 Å². The Morgan fingerprint density at radius 2 is 2.33 bits per heavy atom. The zero-order valence-electron chi connectivity index (χ0n) is 7.94. The zero-order chi connectivity index (χ0) is 8.44. The van der Waals surface area contributed by atoms with Gasteiger partial charge in [-0.3, -0.25) is 5.32 Å². The highest BCUT2D eigenvalue weighted by Gasteiger charge is 2.41. The van der Waals surface area contributed by atoms with Crippen LogP contribution in [0.2, 0.25) is 0 Å². The average Bonchev–Trinajstić information content (AvgIpc) is 2.03. The third-order valence-electron chi connectivity index (χ3n) is 3.08. The molecule has 0 bridgehead atoms. The van der Waals surface area contributed by atoms with Crippen molar-refractivity contribution in [2.24, 2.45) is 0 Å². The summed E-state index contributed by atoms with van der Waals surface area (Å²) in [5.74, 6) is 0. The van der Waals surface area contributed by atoms with Crippen molar-refractivity contribution in [3.63, 3.8) is 0 Å². The van der Waals surface area contributed by atoms with Gasteiger partial charge >= 0.3 is 0 Å². The van der Waals surface area contributed by atoms with Crippen molar-refractivity contribution in [1.29, 1.82) is 0 Å². The maximum Gasteiger partial charge on any atom is 0.119 e. The Bertz CT molecular complexity index is 152. The van der Waals surface area contributed by atoms with E-state index in [0.717, 1.165) is 6.54 Å². The van der Waals surface area contributed by atoms with Crippen LogP contribution in [0.4, 0.5) is 0 Å². The highest BCUT2D eigenvalue weighted by Crippen LogP contribution is 2.37. The van der Waals surface area contributed by atoms with Crippen LogP contribution in [0.15, 0.2) is 0 Å². The minimum atomic E-state index is 0.123. The molecule has 2 fully saturated rings. The molecular weight excluding hydrogens is 150 g/mol. The van der Waals surface area contributed by atoms with Gasteiger partial charge in [0, 0.05) is 6.54 Å². The van der Waals surface area contributed by atoms with Crippen molar-refractivity contribution in [3.05, 3.63) is 0 Å². The van der Waals surface area contributed by atoms with E-state index in [0.29, 0.717) is 6.10 Å². The maximum atomic E-state index is 6.04. The Hall–Kier alpha value is -0.0800. The molecule has 0 amide bonds. The second-order valence-corrected chi connectivity index (χ2v) is 4.09. The summed E-state index contributed by atoms with van der Waals surface area (Å²) in [4.78, 5) is 0. The first-order valence-corrected chi connectivity index (χ1v) is 5.27. The Labute approximate surface area is 74.7 Å². The summed E-state index contributed by atoms with van der Waals surface area (Å²) < 4.78 is 6.04. The molecule has 1 N–H and O–H groups in total. The van der Waals surface area contributed by atoms with E-state index in [1.54, 1.807) is 0 Å². The van der Waals surface area contributed by atoms with E-state index in [9.17, 15) is 0 Å². The van der Waals surface area contributed by atoms with Crippen LogP contribution >= 0.6 is 0 Å². The van der Waals surface area contributed by atoms with Crippen LogP contribution in [0, 0.1) is 0 Å². The molecule has 1 aliphatic carbocycles. The SMILES string of the molecule is CCCC1CCNC2(CCC2)O1. The number of hydrogen-bond acceptors (Lipinski definition) is 2. The predicted octanol–water partition coefficient (Wildman–Crippen LogP) is 2.05. The molecule has 1 saturated carbocycles. The lowest BCUT2D eigenvalue weighted by molar-refractivity contribution is -0.184. The zero-order valence-corrected chi connectivity index (χ0v) is 7.94. The summed E-state index contributed by atoms with van der Waals surface area (Å²) in [6.07, 6.45) is 8.03. The summed E-state index contributed by atoms with van der Waals surface area (Å²) in [7, 11) is 0. The first kappa shape index (κ1) is 8.52. The Kier molecular flexibility index (Phi) is 2.37. The minimum Gasteiger partial charge on any atom is -0.357 e. The van der Waals surface area contributed by atoms with Crippen molar-refractivity contribution < 1.29 is 4.74 Å². The van der Waals surface area contributed by atoms with Gasteiger partial charge in [-0.05, 0) is 32.1 Å². The summed E-state index contributed by atoms with van der Waals surface area (Å²) >= 11 is 0. The molecule has 2 nitrogen and oxygen atoms in total. The van der Waals surface area contributed by atoms with Crippen molar-refractivity contribution in [2.75, 3.05) is 6.54 Å². The number of ether oxygens (including phenoxy) is 1. The van der Waals surface area contributed by atoms with Crippen LogP contribution in [0.3, 0.4) is 0 Å². The first-order valence-electron chi connectivity index (χ1n) is 5.27. The molecule has 0 aromatic heterocycles. The second kappa shape index (κ2) is 3.35. The Morgan fingerprint density at radius 1 is 1.50 bits per heavy atom. The van der Waals surface area contributed by atoms with Crippen LogP contribution < -0.4 is 5.32 Å². The Balaban J connectivity index is 1.85. The number of rotatable bonds is 2. The van der Waals surface area contributed by atoms with E-state index in [4.69, 9.17) is 4.74 Å². The molecule has 1 unspecified atom stereocenters. The van der Waals surface area contributed by atoms with Crippen molar-refractivity contribution in [2.45, 2.75) is 57.3 Å². The van der Waals surface area contributed by atoms with Crippen molar-refractivity contribution in [1.82, 2.24) is 5.32 Å². The fraction of sp³-hybridized carbons (Fsp3) is 1.00. The number of hydrogen-bond donors (Lipinski definition) is 1. The lowest BCUT2D eigenvalue weighted by Crippen LogP contribution is -2.58. The topological polar surface area (TPSA) is 21.3 Å². The highest BCUT2D eigenvalue weighted by molar-refractivity contribution is 4.91. The summed E-state index contributed by atoms with van der Waals surface area (Å²) in [5, 5.41) is 3.50. The van der Waals surface area contributed by atoms with Crippen LogP contribution in [0.1, 0.15) is 45.4 Å². The monoisotopic (exact) mass is 169 g/mol. The van der Waals surface area contributed by atoms with Crippen molar-refractivity contribution >= 4 is 0 Å². The third kappa shape index (κ3) is 1.50. The van der Waals surface area contributed by atoms with Crippen LogP contribution in [-0.2, 0) is 4.74 Å². The van der Waals surface area contributed by atoms with E-state index in [2.05, 4.69) is 12.2 Å². The van der Waals surface area contributed by atoms with Gasteiger partial charge in [0.25, 0.3) is 0 Å². The van der Waals surface area contributed by atoms with Gasteiger partial charge in [-0.1, -0.05) is 13.3 Å². The average molecular weight is 169 g/mol. The van der Waals surface area contributed by atoms with E-state index in [1.807, 2.05) is 0 Å². The molecule has 12 heavy (non-hydrogen) atoms. The molecule has 2 rings (SSSR count). The van der Waals surface area contributed by atoms with E-state index < -0.39 is 0 Å². The van der Waals surface area contributed by atoms with Gasteiger partial charge in [0.05, 0.1) is 6.10 Å². The molecule has 1 aliphatic heterocycles. The lowest BCUT2D eigenvalue weighted by atomic mass is 9.86. The highest BCUT2D eigenvalue weighted by atomic mass is 16.5. The maximum absolute atomic E-state index is 6.04. The largest absolute Gasteiger partial charge is 0.357 e. The predicted molar refractivity (Wildman–Crippen MR) is 49.0 cm³/mol. The standard InChI is InChI=1S/C10H19NO/c1-2-4-9-5-8-11-10(12-9)6-3-7-10/h9,11H,2-8H2,1H3. The normalized spacial score (nSPS) is 33.2. The summed E-state index contributed by atoms with van der Waals surface area (Å²) in [5.41, 5.74) is 0.123. The lowest BCUT2D eigenvalue weighted by Gasteiger charge is -2.48. The molecule has 1 spiro atoms. The second-order valence-electron chi connectivity index (χ2n) is 4.09. The first-order chi connectivity index (χ1) is 5.85. The van der Waals surface area contributed by atoms with Crippen LogP contribution in [0.25, 0.3) is 0 Å². The van der Waals surface area contributed by atoms with Gasteiger partial charge in [0.15, 0.2) is 0 Å². The van der Waals surface area contributed by atoms with Crippen LogP contribution in [-0.4, -0.2) is 18.4 Å². The van der Waals surface area contributed by atoms with Gasteiger partial charge in [-0.15, -0.1) is 0 Å². The molecule has 2 aliphatic rings. The van der Waals surface area contributed by atoms with Crippen LogP contribution in [0.5, 0.6) is 0 Å². The van der Waals surface area contributed by atoms with E-state index in [1.165, 1.54) is 38.5 Å². The van der Waals surface area contributed by atoms with Gasteiger partial charge in [0.1, 0.15) is 5.72 Å². The van der Waals surface area contributed by atoms with Gasteiger partial charge in [-0.25, -0.2) is 0 Å². The van der Waals surface area contributed by atoms with Gasteiger partial charge < -0.3 is 4.74 Å². The molecule has 0 aromatic rings. The molecule has 1 heterocycles. The van der Waals surface area contributed by atoms with E-state index >= 15 is 0 Å². The minimum absolute atomic E-state index is 0.123. The fourth-order valence-corrected chi connectivity index (χ4v) is 2.20. The fourth-order valence-electron chi connectivity index (χ4n) is 2.20. The quantitative estimate of drug-likeness (QED) is 0.683. The molecule has 0 aromatic carbocycles. The smallest absolute Gasteiger partial charge is 0.119 e. The van der Waals surface area contributed by atoms with Crippen molar-refractivity contribution in [3.8, 4) is 0 Å². The molecule has 0 radical (unpaired) electrons. The summed E-state index contributed by atoms with van der Waals surface area (Å²) in [6.45, 7) is 3.39. The molecule has 1 atom stereocenters. The molecule has 1 saturated heterocycles. The van der Waals surface area contributed by atoms with Gasteiger partial charge in [-0.2, -0.15) is 0 Å².